The predicted molar refractivity (Wildman–Crippen MR) is 201 cm³/mol. The molecule has 1 aliphatic carbocycles. The minimum atomic E-state index is -0.230. The SMILES string of the molecule is CCCCC1(CCCC)c2ccccc2-c2ccc(N(c3ccccc3)c3ccc4c(c3)c3ccccc3n4-c3ccc(F)cc3)cc21. The van der Waals surface area contributed by atoms with Gasteiger partial charge in [0.2, 0.25) is 0 Å². The molecular formula is C45H41FN2. The Morgan fingerprint density at radius 3 is 1.94 bits per heavy atom. The lowest BCUT2D eigenvalue weighted by molar-refractivity contribution is 0.414. The number of halogens is 1. The molecule has 48 heavy (non-hydrogen) atoms. The van der Waals surface area contributed by atoms with E-state index in [1.165, 1.54) is 76.5 Å². The highest BCUT2D eigenvalue weighted by Gasteiger charge is 2.42. The topological polar surface area (TPSA) is 8.17 Å². The second kappa shape index (κ2) is 12.5. The van der Waals surface area contributed by atoms with Gasteiger partial charge in [-0.15, -0.1) is 0 Å². The van der Waals surface area contributed by atoms with Gasteiger partial charge in [0.05, 0.1) is 11.0 Å². The van der Waals surface area contributed by atoms with Crippen molar-refractivity contribution in [2.24, 2.45) is 0 Å². The number of benzene rings is 6. The molecule has 8 rings (SSSR count). The normalized spacial score (nSPS) is 13.1. The summed E-state index contributed by atoms with van der Waals surface area (Å²) in [5.41, 5.74) is 12.3. The standard InChI is InChI=1S/C45H41FN2/c1-3-5-28-45(29-6-4-2)41-18-12-10-16-37(41)38-26-24-36(31-42(38)45)47(33-14-8-7-9-15-33)35-25-27-44-40(30-35)39-17-11-13-19-43(39)48(44)34-22-20-32(46)21-23-34/h7-27,30-31H,3-6,28-29H2,1-2H3. The molecule has 0 aliphatic heterocycles. The maximum Gasteiger partial charge on any atom is 0.123 e. The van der Waals surface area contributed by atoms with Crippen molar-refractivity contribution in [1.29, 1.82) is 0 Å². The Bertz CT molecular complexity index is 2220. The van der Waals surface area contributed by atoms with E-state index in [0.717, 1.165) is 40.9 Å². The van der Waals surface area contributed by atoms with Gasteiger partial charge in [0, 0.05) is 38.9 Å². The van der Waals surface area contributed by atoms with Crippen LogP contribution in [0.15, 0.2) is 140 Å². The van der Waals surface area contributed by atoms with Crippen LogP contribution < -0.4 is 4.90 Å². The third-order valence-corrected chi connectivity index (χ3v) is 10.4. The Balaban J connectivity index is 1.33. The third-order valence-electron chi connectivity index (χ3n) is 10.4. The fraction of sp³-hybridized carbons (Fsp3) is 0.200. The summed E-state index contributed by atoms with van der Waals surface area (Å²) in [7, 11) is 0. The molecule has 0 saturated carbocycles. The first-order valence-corrected chi connectivity index (χ1v) is 17.5. The number of rotatable bonds is 10. The first kappa shape index (κ1) is 30.2. The average molecular weight is 629 g/mol. The summed E-state index contributed by atoms with van der Waals surface area (Å²) < 4.78 is 16.2. The summed E-state index contributed by atoms with van der Waals surface area (Å²) in [4.78, 5) is 2.41. The lowest BCUT2D eigenvalue weighted by Gasteiger charge is -2.34. The van der Waals surface area contributed by atoms with E-state index in [-0.39, 0.29) is 11.2 Å². The summed E-state index contributed by atoms with van der Waals surface area (Å²) in [6, 6.07) is 49.1. The van der Waals surface area contributed by atoms with Crippen molar-refractivity contribution in [2.75, 3.05) is 4.90 Å². The summed E-state index contributed by atoms with van der Waals surface area (Å²) in [5.74, 6) is -0.230. The molecule has 1 aromatic heterocycles. The van der Waals surface area contributed by atoms with Crippen LogP contribution in [0.3, 0.4) is 0 Å². The van der Waals surface area contributed by atoms with Crippen molar-refractivity contribution in [2.45, 2.75) is 57.8 Å². The van der Waals surface area contributed by atoms with Gasteiger partial charge in [0.25, 0.3) is 0 Å². The van der Waals surface area contributed by atoms with E-state index in [0.29, 0.717) is 0 Å². The molecule has 6 aromatic carbocycles. The van der Waals surface area contributed by atoms with Crippen LogP contribution in [0.2, 0.25) is 0 Å². The van der Waals surface area contributed by atoms with Crippen molar-refractivity contribution < 1.29 is 4.39 Å². The number of anilines is 3. The zero-order chi connectivity index (χ0) is 32.7. The smallest absolute Gasteiger partial charge is 0.123 e. The zero-order valence-corrected chi connectivity index (χ0v) is 27.8. The van der Waals surface area contributed by atoms with Crippen LogP contribution in [0.25, 0.3) is 38.6 Å². The van der Waals surface area contributed by atoms with Crippen LogP contribution in [0, 0.1) is 5.82 Å². The summed E-state index contributed by atoms with van der Waals surface area (Å²) in [5, 5.41) is 2.34. The van der Waals surface area contributed by atoms with E-state index in [1.807, 2.05) is 12.1 Å². The highest BCUT2D eigenvalue weighted by Crippen LogP contribution is 2.55. The van der Waals surface area contributed by atoms with Gasteiger partial charge < -0.3 is 9.47 Å². The van der Waals surface area contributed by atoms with Gasteiger partial charge >= 0.3 is 0 Å². The van der Waals surface area contributed by atoms with E-state index in [2.05, 4.69) is 139 Å². The molecule has 1 heterocycles. The highest BCUT2D eigenvalue weighted by atomic mass is 19.1. The van der Waals surface area contributed by atoms with Crippen LogP contribution in [0.1, 0.15) is 63.5 Å². The molecule has 2 nitrogen and oxygen atoms in total. The molecule has 1 aliphatic rings. The molecule has 0 spiro atoms. The van der Waals surface area contributed by atoms with Crippen molar-refractivity contribution in [3.8, 4) is 16.8 Å². The van der Waals surface area contributed by atoms with Crippen molar-refractivity contribution in [1.82, 2.24) is 4.57 Å². The monoisotopic (exact) mass is 628 g/mol. The van der Waals surface area contributed by atoms with E-state index in [1.54, 1.807) is 0 Å². The molecule has 0 fully saturated rings. The Hall–Kier alpha value is -5.15. The largest absolute Gasteiger partial charge is 0.310 e. The number of unbranched alkanes of at least 4 members (excludes halogenated alkanes) is 2. The van der Waals surface area contributed by atoms with Gasteiger partial charge in [-0.25, -0.2) is 4.39 Å². The minimum absolute atomic E-state index is 0.0167. The summed E-state index contributed by atoms with van der Waals surface area (Å²) in [6.07, 6.45) is 7.12. The molecule has 3 heteroatoms. The molecule has 0 bridgehead atoms. The van der Waals surface area contributed by atoms with E-state index in [4.69, 9.17) is 0 Å². The van der Waals surface area contributed by atoms with Crippen LogP contribution in [-0.2, 0) is 5.41 Å². The van der Waals surface area contributed by atoms with Gasteiger partial charge in [-0.3, -0.25) is 0 Å². The third kappa shape index (κ3) is 4.92. The molecule has 0 atom stereocenters. The van der Waals surface area contributed by atoms with Gasteiger partial charge in [-0.1, -0.05) is 106 Å². The highest BCUT2D eigenvalue weighted by molar-refractivity contribution is 6.10. The molecule has 0 radical (unpaired) electrons. The summed E-state index contributed by atoms with van der Waals surface area (Å²) in [6.45, 7) is 4.62. The Kier molecular flexibility index (Phi) is 7.84. The fourth-order valence-corrected chi connectivity index (χ4v) is 8.20. The molecule has 0 amide bonds. The zero-order valence-electron chi connectivity index (χ0n) is 27.8. The molecule has 0 saturated heterocycles. The molecule has 0 unspecified atom stereocenters. The van der Waals surface area contributed by atoms with Gasteiger partial charge in [0.1, 0.15) is 5.82 Å². The van der Waals surface area contributed by atoms with Crippen LogP contribution >= 0.6 is 0 Å². The molecule has 0 N–H and O–H groups in total. The fourth-order valence-electron chi connectivity index (χ4n) is 8.20. The van der Waals surface area contributed by atoms with Crippen LogP contribution in [0.4, 0.5) is 21.5 Å². The lowest BCUT2D eigenvalue weighted by Crippen LogP contribution is -2.25. The van der Waals surface area contributed by atoms with Crippen molar-refractivity contribution >= 4 is 38.9 Å². The van der Waals surface area contributed by atoms with Gasteiger partial charge in [-0.2, -0.15) is 0 Å². The van der Waals surface area contributed by atoms with E-state index < -0.39 is 0 Å². The second-order valence-electron chi connectivity index (χ2n) is 13.3. The number of nitrogens with zero attached hydrogens (tertiary/aromatic N) is 2. The maximum absolute atomic E-state index is 13.9. The number of aromatic nitrogens is 1. The maximum atomic E-state index is 13.9. The summed E-state index contributed by atoms with van der Waals surface area (Å²) >= 11 is 0. The number of hydrogen-bond acceptors (Lipinski definition) is 1. The predicted octanol–water partition coefficient (Wildman–Crippen LogP) is 13.0. The Morgan fingerprint density at radius 1 is 0.542 bits per heavy atom. The minimum Gasteiger partial charge on any atom is -0.310 e. The first-order valence-electron chi connectivity index (χ1n) is 17.5. The number of para-hydroxylation sites is 2. The molecule has 238 valence electrons. The van der Waals surface area contributed by atoms with Gasteiger partial charge in [-0.05, 0) is 108 Å². The first-order chi connectivity index (χ1) is 23.6. The molecular weight excluding hydrogens is 588 g/mol. The van der Waals surface area contributed by atoms with Crippen molar-refractivity contribution in [3.63, 3.8) is 0 Å². The molecule has 7 aromatic rings. The lowest BCUT2D eigenvalue weighted by atomic mass is 9.71. The Labute approximate surface area is 283 Å². The average Bonchev–Trinajstić information content (AvgIpc) is 3.60. The van der Waals surface area contributed by atoms with E-state index >= 15 is 0 Å². The Morgan fingerprint density at radius 2 is 1.17 bits per heavy atom. The van der Waals surface area contributed by atoms with Crippen LogP contribution in [0.5, 0.6) is 0 Å². The quantitative estimate of drug-likeness (QED) is 0.146. The second-order valence-corrected chi connectivity index (χ2v) is 13.3. The van der Waals surface area contributed by atoms with Gasteiger partial charge in [0.15, 0.2) is 0 Å². The number of fused-ring (bicyclic) bond motifs is 6. The number of hydrogen-bond donors (Lipinski definition) is 0. The van der Waals surface area contributed by atoms with Crippen molar-refractivity contribution in [3.05, 3.63) is 156 Å². The van der Waals surface area contributed by atoms with Crippen LogP contribution in [-0.4, -0.2) is 4.57 Å². The van der Waals surface area contributed by atoms with E-state index in [9.17, 15) is 4.39 Å².